The topological polar surface area (TPSA) is 98.3 Å². The molecule has 0 aromatic carbocycles. The summed E-state index contributed by atoms with van der Waals surface area (Å²) in [6.07, 6.45) is 4.16. The summed E-state index contributed by atoms with van der Waals surface area (Å²) >= 11 is 5.74. The van der Waals surface area contributed by atoms with Crippen molar-refractivity contribution < 1.29 is 14.6 Å². The quantitative estimate of drug-likeness (QED) is 0.883. The lowest BCUT2D eigenvalue weighted by Crippen LogP contribution is -2.05. The molecule has 7 heteroatoms. The number of carbonyl (C=O) groups is 1. The smallest absolute Gasteiger partial charge is 0.338 e. The second-order valence-electron chi connectivity index (χ2n) is 3.32. The first-order chi connectivity index (χ1) is 8.58. The van der Waals surface area contributed by atoms with E-state index in [2.05, 4.69) is 9.97 Å². The summed E-state index contributed by atoms with van der Waals surface area (Å²) in [4.78, 5) is 18.6. The molecule has 3 N–H and O–H groups in total. The third-order valence-corrected chi connectivity index (χ3v) is 2.28. The van der Waals surface area contributed by atoms with Gasteiger partial charge in [0.25, 0.3) is 0 Å². The summed E-state index contributed by atoms with van der Waals surface area (Å²) in [5, 5.41) is 9.29. The number of nitrogens with zero attached hydrogens (tertiary/aromatic N) is 2. The predicted molar refractivity (Wildman–Crippen MR) is 64.9 cm³/mol. The Morgan fingerprint density at radius 1 is 1.44 bits per heavy atom. The van der Waals surface area contributed by atoms with E-state index in [0.29, 0.717) is 10.8 Å². The summed E-state index contributed by atoms with van der Waals surface area (Å²) in [7, 11) is 0. The average molecular weight is 266 g/mol. The van der Waals surface area contributed by atoms with Gasteiger partial charge < -0.3 is 15.6 Å². The van der Waals surface area contributed by atoms with Crippen LogP contribution < -0.4 is 10.5 Å². The van der Waals surface area contributed by atoms with Gasteiger partial charge >= 0.3 is 5.97 Å². The van der Waals surface area contributed by atoms with Crippen molar-refractivity contribution in [3.63, 3.8) is 0 Å². The van der Waals surface area contributed by atoms with E-state index in [9.17, 15) is 4.79 Å². The highest BCUT2D eigenvalue weighted by Gasteiger charge is 2.14. The van der Waals surface area contributed by atoms with Gasteiger partial charge in [0.2, 0.25) is 5.88 Å². The lowest BCUT2D eigenvalue weighted by Gasteiger charge is -2.08. The Kier molecular flexibility index (Phi) is 3.29. The Morgan fingerprint density at radius 3 is 2.89 bits per heavy atom. The molecule has 0 spiro atoms. The predicted octanol–water partition coefficient (Wildman–Crippen LogP) is 2.20. The zero-order valence-electron chi connectivity index (χ0n) is 9.00. The number of ether oxygens (including phenoxy) is 1. The van der Waals surface area contributed by atoms with Crippen LogP contribution >= 0.6 is 11.6 Å². The Hall–Kier alpha value is -2.34. The maximum Gasteiger partial charge on any atom is 0.338 e. The third kappa shape index (κ3) is 2.49. The third-order valence-electron chi connectivity index (χ3n) is 2.08. The molecule has 0 aliphatic rings. The van der Waals surface area contributed by atoms with Crippen LogP contribution in [-0.4, -0.2) is 21.0 Å². The molecule has 92 valence electrons. The fourth-order valence-electron chi connectivity index (χ4n) is 1.28. The van der Waals surface area contributed by atoms with Gasteiger partial charge in [-0.3, -0.25) is 4.98 Å². The second-order valence-corrected chi connectivity index (χ2v) is 3.76. The fraction of sp³-hybridized carbons (Fsp3) is 0. The number of nitrogens with two attached hydrogens (primary N) is 1. The number of carboxylic acid groups (broad SMARTS) is 1. The molecule has 0 fully saturated rings. The monoisotopic (exact) mass is 265 g/mol. The Balaban J connectivity index is 2.35. The van der Waals surface area contributed by atoms with Crippen molar-refractivity contribution in [2.75, 3.05) is 5.73 Å². The lowest BCUT2D eigenvalue weighted by atomic mass is 10.2. The van der Waals surface area contributed by atoms with Crippen LogP contribution in [0.25, 0.3) is 0 Å². The van der Waals surface area contributed by atoms with Crippen molar-refractivity contribution in [1.29, 1.82) is 0 Å². The van der Waals surface area contributed by atoms with Crippen molar-refractivity contribution in [2.24, 2.45) is 0 Å². The van der Waals surface area contributed by atoms with Gasteiger partial charge in [0.15, 0.2) is 0 Å². The van der Waals surface area contributed by atoms with Crippen molar-refractivity contribution in [1.82, 2.24) is 9.97 Å². The zero-order chi connectivity index (χ0) is 13.1. The van der Waals surface area contributed by atoms with E-state index in [-0.39, 0.29) is 17.1 Å². The van der Waals surface area contributed by atoms with Crippen LogP contribution in [0.1, 0.15) is 10.4 Å². The van der Waals surface area contributed by atoms with Crippen molar-refractivity contribution in [3.05, 3.63) is 41.3 Å². The SMILES string of the molecule is Nc1c(C(=O)O)ccnc1Oc1cncc(Cl)c1. The van der Waals surface area contributed by atoms with Crippen LogP contribution in [0, 0.1) is 0 Å². The molecule has 2 aromatic rings. The fourth-order valence-corrected chi connectivity index (χ4v) is 1.45. The van der Waals surface area contributed by atoms with Gasteiger partial charge in [0, 0.05) is 18.5 Å². The van der Waals surface area contributed by atoms with Crippen LogP contribution in [0.4, 0.5) is 5.69 Å². The van der Waals surface area contributed by atoms with Crippen LogP contribution in [0.15, 0.2) is 30.7 Å². The molecule has 0 bridgehead atoms. The minimum atomic E-state index is -1.15. The summed E-state index contributed by atoms with van der Waals surface area (Å²) in [6, 6.07) is 2.81. The van der Waals surface area contributed by atoms with Crippen LogP contribution in [0.2, 0.25) is 5.02 Å². The van der Waals surface area contributed by atoms with Gasteiger partial charge in [-0.2, -0.15) is 0 Å². The highest BCUT2D eigenvalue weighted by Crippen LogP contribution is 2.28. The number of pyridine rings is 2. The van der Waals surface area contributed by atoms with E-state index in [1.807, 2.05) is 0 Å². The van der Waals surface area contributed by atoms with Gasteiger partial charge in [-0.15, -0.1) is 0 Å². The number of rotatable bonds is 3. The van der Waals surface area contributed by atoms with Crippen LogP contribution in [0.5, 0.6) is 11.6 Å². The molecule has 0 radical (unpaired) electrons. The molecule has 0 saturated heterocycles. The maximum atomic E-state index is 10.9. The first-order valence-electron chi connectivity index (χ1n) is 4.84. The zero-order valence-corrected chi connectivity index (χ0v) is 9.76. The number of aromatic carboxylic acids is 1. The van der Waals surface area contributed by atoms with Crippen molar-refractivity contribution >= 4 is 23.3 Å². The maximum absolute atomic E-state index is 10.9. The molecule has 6 nitrogen and oxygen atoms in total. The number of halogens is 1. The van der Waals surface area contributed by atoms with E-state index < -0.39 is 5.97 Å². The second kappa shape index (κ2) is 4.89. The highest BCUT2D eigenvalue weighted by atomic mass is 35.5. The molecule has 0 atom stereocenters. The van der Waals surface area contributed by atoms with Gasteiger partial charge in [-0.1, -0.05) is 11.6 Å². The minimum Gasteiger partial charge on any atom is -0.478 e. The van der Waals surface area contributed by atoms with Crippen LogP contribution in [-0.2, 0) is 0 Å². The number of hydrogen-bond donors (Lipinski definition) is 2. The van der Waals surface area contributed by atoms with Crippen molar-refractivity contribution in [2.45, 2.75) is 0 Å². The average Bonchev–Trinajstić information content (AvgIpc) is 2.31. The summed E-state index contributed by atoms with van der Waals surface area (Å²) in [5.74, 6) is -0.827. The van der Waals surface area contributed by atoms with Crippen LogP contribution in [0.3, 0.4) is 0 Å². The Labute approximate surface area is 107 Å². The first-order valence-corrected chi connectivity index (χ1v) is 5.22. The standard InChI is InChI=1S/C11H8ClN3O3/c12-6-3-7(5-14-4-6)18-10-9(13)8(11(16)17)1-2-15-10/h1-5H,13H2,(H,16,17). The normalized spacial score (nSPS) is 10.1. The first kappa shape index (κ1) is 12.1. The highest BCUT2D eigenvalue weighted by molar-refractivity contribution is 6.30. The summed E-state index contributed by atoms with van der Waals surface area (Å²) in [6.45, 7) is 0. The van der Waals surface area contributed by atoms with Crippen molar-refractivity contribution in [3.8, 4) is 11.6 Å². The van der Waals surface area contributed by atoms with E-state index in [4.69, 9.17) is 27.2 Å². The number of carboxylic acids is 1. The molecule has 0 saturated carbocycles. The number of anilines is 1. The molecule has 0 aliphatic carbocycles. The number of nitrogen functional groups attached to an aromatic ring is 1. The molecular formula is C11H8ClN3O3. The van der Waals surface area contributed by atoms with E-state index in [1.165, 1.54) is 30.7 Å². The van der Waals surface area contributed by atoms with E-state index in [0.717, 1.165) is 0 Å². The number of aromatic nitrogens is 2. The largest absolute Gasteiger partial charge is 0.478 e. The molecule has 0 amide bonds. The Morgan fingerprint density at radius 2 is 2.22 bits per heavy atom. The molecule has 18 heavy (non-hydrogen) atoms. The van der Waals surface area contributed by atoms with Gasteiger partial charge in [0.05, 0.1) is 16.8 Å². The van der Waals surface area contributed by atoms with Gasteiger partial charge in [-0.25, -0.2) is 9.78 Å². The van der Waals surface area contributed by atoms with E-state index >= 15 is 0 Å². The molecule has 2 rings (SSSR count). The Bertz CT molecular complexity index is 604. The molecule has 2 heterocycles. The summed E-state index contributed by atoms with van der Waals surface area (Å²) < 4.78 is 5.33. The molecule has 0 unspecified atom stereocenters. The van der Waals surface area contributed by atoms with Gasteiger partial charge in [0.1, 0.15) is 11.4 Å². The summed E-state index contributed by atoms with van der Waals surface area (Å²) in [5.41, 5.74) is 5.52. The molecule has 0 aliphatic heterocycles. The molecular weight excluding hydrogens is 258 g/mol. The molecule has 2 aromatic heterocycles. The minimum absolute atomic E-state index is 0.000957. The number of hydrogen-bond acceptors (Lipinski definition) is 5. The van der Waals surface area contributed by atoms with E-state index in [1.54, 1.807) is 0 Å². The lowest BCUT2D eigenvalue weighted by molar-refractivity contribution is 0.0697. The van der Waals surface area contributed by atoms with Gasteiger partial charge in [-0.05, 0) is 6.07 Å².